The predicted octanol–water partition coefficient (Wildman–Crippen LogP) is 3.93. The summed E-state index contributed by atoms with van der Waals surface area (Å²) in [5, 5.41) is 29.8. The molecule has 0 aliphatic heterocycles. The average Bonchev–Trinajstić information content (AvgIpc) is 2.61. The third-order valence-electron chi connectivity index (χ3n) is 5.01. The first-order valence-electron chi connectivity index (χ1n) is 7.77. The van der Waals surface area contributed by atoms with E-state index in [4.69, 9.17) is 17.3 Å². The SMILES string of the molecule is N#CC1=C(N)C(C#N)(C#N)C(c2cccc(Cl)c2)C2CCCC=C12. The summed E-state index contributed by atoms with van der Waals surface area (Å²) in [5.41, 5.74) is 6.67. The van der Waals surface area contributed by atoms with Crippen LogP contribution in [-0.2, 0) is 0 Å². The third-order valence-corrected chi connectivity index (χ3v) is 5.24. The fourth-order valence-electron chi connectivity index (χ4n) is 3.95. The Morgan fingerprint density at radius 3 is 2.58 bits per heavy atom. The Kier molecular flexibility index (Phi) is 4.06. The molecule has 5 heteroatoms. The van der Waals surface area contributed by atoms with Crippen molar-refractivity contribution in [3.05, 3.63) is 57.8 Å². The highest BCUT2D eigenvalue weighted by Crippen LogP contribution is 2.55. The fourth-order valence-corrected chi connectivity index (χ4v) is 4.15. The number of nitrogens with two attached hydrogens (primary N) is 1. The van der Waals surface area contributed by atoms with Gasteiger partial charge in [-0.1, -0.05) is 29.8 Å². The van der Waals surface area contributed by atoms with Crippen LogP contribution in [0.5, 0.6) is 0 Å². The maximum Gasteiger partial charge on any atom is 0.191 e. The summed E-state index contributed by atoms with van der Waals surface area (Å²) in [6.45, 7) is 0. The van der Waals surface area contributed by atoms with Crippen LogP contribution in [0.2, 0.25) is 5.02 Å². The van der Waals surface area contributed by atoms with Gasteiger partial charge in [-0.2, -0.15) is 15.8 Å². The summed E-state index contributed by atoms with van der Waals surface area (Å²) in [6, 6.07) is 13.6. The highest BCUT2D eigenvalue weighted by Gasteiger charge is 2.53. The van der Waals surface area contributed by atoms with Gasteiger partial charge < -0.3 is 5.73 Å². The van der Waals surface area contributed by atoms with Gasteiger partial charge >= 0.3 is 0 Å². The van der Waals surface area contributed by atoms with E-state index < -0.39 is 11.3 Å². The zero-order valence-corrected chi connectivity index (χ0v) is 13.7. The van der Waals surface area contributed by atoms with Gasteiger partial charge in [-0.15, -0.1) is 0 Å². The van der Waals surface area contributed by atoms with Crippen molar-refractivity contribution < 1.29 is 0 Å². The van der Waals surface area contributed by atoms with E-state index >= 15 is 0 Å². The monoisotopic (exact) mass is 334 g/mol. The summed E-state index contributed by atoms with van der Waals surface area (Å²) >= 11 is 6.14. The Bertz CT molecular complexity index is 862. The smallest absolute Gasteiger partial charge is 0.191 e. The second-order valence-electron chi connectivity index (χ2n) is 6.16. The summed E-state index contributed by atoms with van der Waals surface area (Å²) in [5.74, 6) is -0.520. The van der Waals surface area contributed by atoms with E-state index in [9.17, 15) is 15.8 Å². The van der Waals surface area contributed by atoms with Gasteiger partial charge in [0, 0.05) is 10.9 Å². The number of benzene rings is 1. The lowest BCUT2D eigenvalue weighted by molar-refractivity contribution is 0.317. The lowest BCUT2D eigenvalue weighted by atomic mass is 9.57. The van der Waals surface area contributed by atoms with Crippen molar-refractivity contribution in [3.8, 4) is 18.2 Å². The third kappa shape index (κ3) is 2.18. The minimum absolute atomic E-state index is 0.0596. The number of hydrogen-bond donors (Lipinski definition) is 1. The van der Waals surface area contributed by atoms with Gasteiger partial charge in [0.1, 0.15) is 6.07 Å². The second kappa shape index (κ2) is 6.04. The molecule has 2 aliphatic carbocycles. The summed E-state index contributed by atoms with van der Waals surface area (Å²) < 4.78 is 0. The molecule has 2 N–H and O–H groups in total. The highest BCUT2D eigenvalue weighted by molar-refractivity contribution is 6.30. The number of nitriles is 3. The van der Waals surface area contributed by atoms with Crippen molar-refractivity contribution in [3.63, 3.8) is 0 Å². The van der Waals surface area contributed by atoms with Crippen LogP contribution in [0.4, 0.5) is 0 Å². The molecule has 4 nitrogen and oxygen atoms in total. The van der Waals surface area contributed by atoms with Crippen LogP contribution in [0.15, 0.2) is 47.2 Å². The van der Waals surface area contributed by atoms with E-state index in [0.29, 0.717) is 10.6 Å². The molecule has 2 aliphatic rings. The van der Waals surface area contributed by atoms with E-state index in [2.05, 4.69) is 18.2 Å². The molecule has 0 radical (unpaired) electrons. The number of halogens is 1. The normalized spacial score (nSPS) is 24.8. The zero-order chi connectivity index (χ0) is 17.3. The van der Waals surface area contributed by atoms with Crippen molar-refractivity contribution in [1.29, 1.82) is 15.8 Å². The molecule has 0 saturated heterocycles. The van der Waals surface area contributed by atoms with Gasteiger partial charge in [0.15, 0.2) is 5.41 Å². The molecule has 0 fully saturated rings. The molecule has 0 aromatic heterocycles. The van der Waals surface area contributed by atoms with Gasteiger partial charge in [-0.25, -0.2) is 0 Å². The molecule has 2 atom stereocenters. The van der Waals surface area contributed by atoms with E-state index in [0.717, 1.165) is 30.4 Å². The van der Waals surface area contributed by atoms with Gasteiger partial charge in [-0.05, 0) is 48.4 Å². The van der Waals surface area contributed by atoms with Crippen LogP contribution < -0.4 is 5.73 Å². The molecule has 24 heavy (non-hydrogen) atoms. The Labute approximate surface area is 146 Å². The number of rotatable bonds is 1. The van der Waals surface area contributed by atoms with Gasteiger partial charge in [-0.3, -0.25) is 0 Å². The van der Waals surface area contributed by atoms with Crippen molar-refractivity contribution in [1.82, 2.24) is 0 Å². The Morgan fingerprint density at radius 2 is 1.96 bits per heavy atom. The largest absolute Gasteiger partial charge is 0.399 e. The molecule has 3 rings (SSSR count). The minimum Gasteiger partial charge on any atom is -0.399 e. The summed E-state index contributed by atoms with van der Waals surface area (Å²) in [7, 11) is 0. The Balaban J connectivity index is 2.34. The highest BCUT2D eigenvalue weighted by atomic mass is 35.5. The van der Waals surface area contributed by atoms with Gasteiger partial charge in [0.25, 0.3) is 0 Å². The van der Waals surface area contributed by atoms with Crippen LogP contribution in [-0.4, -0.2) is 0 Å². The van der Waals surface area contributed by atoms with Crippen LogP contribution >= 0.6 is 11.6 Å². The quantitative estimate of drug-likeness (QED) is 0.841. The molecule has 118 valence electrons. The van der Waals surface area contributed by atoms with Crippen LogP contribution in [0, 0.1) is 45.3 Å². The standard InChI is InChI=1S/C19H15ClN4/c20-13-5-3-4-12(8-13)17-15-7-2-1-6-14(15)16(9-21)18(24)19(17,10-22)11-23/h3-6,8,15,17H,1-2,7,24H2. The van der Waals surface area contributed by atoms with E-state index in [-0.39, 0.29) is 11.6 Å². The van der Waals surface area contributed by atoms with Crippen molar-refractivity contribution in [2.45, 2.75) is 25.2 Å². The molecule has 0 amide bonds. The van der Waals surface area contributed by atoms with Gasteiger partial charge in [0.2, 0.25) is 0 Å². The Hall–Kier alpha value is -2.74. The zero-order valence-electron chi connectivity index (χ0n) is 13.0. The first kappa shape index (κ1) is 16.1. The average molecular weight is 335 g/mol. The maximum absolute atomic E-state index is 9.87. The fraction of sp³-hybridized carbons (Fsp3) is 0.316. The van der Waals surface area contributed by atoms with E-state index in [1.807, 2.05) is 18.2 Å². The second-order valence-corrected chi connectivity index (χ2v) is 6.60. The molecule has 0 bridgehead atoms. The molecule has 0 saturated carbocycles. The number of nitrogens with zero attached hydrogens (tertiary/aromatic N) is 3. The molecule has 0 spiro atoms. The maximum atomic E-state index is 9.87. The van der Waals surface area contributed by atoms with E-state index in [1.165, 1.54) is 0 Å². The van der Waals surface area contributed by atoms with Crippen LogP contribution in [0.1, 0.15) is 30.7 Å². The van der Waals surface area contributed by atoms with E-state index in [1.54, 1.807) is 12.1 Å². The van der Waals surface area contributed by atoms with Crippen molar-refractivity contribution in [2.24, 2.45) is 17.1 Å². The lowest BCUT2D eigenvalue weighted by Gasteiger charge is -2.43. The molecular formula is C19H15ClN4. The molecule has 1 aromatic rings. The molecule has 1 aromatic carbocycles. The molecule has 0 heterocycles. The minimum atomic E-state index is -1.56. The topological polar surface area (TPSA) is 97.4 Å². The van der Waals surface area contributed by atoms with Crippen LogP contribution in [0.25, 0.3) is 0 Å². The van der Waals surface area contributed by atoms with Crippen LogP contribution in [0.3, 0.4) is 0 Å². The predicted molar refractivity (Wildman–Crippen MR) is 90.1 cm³/mol. The lowest BCUT2D eigenvalue weighted by Crippen LogP contribution is -2.42. The summed E-state index contributed by atoms with van der Waals surface area (Å²) in [4.78, 5) is 0. The number of allylic oxidation sites excluding steroid dienone is 4. The molecular weight excluding hydrogens is 320 g/mol. The first-order chi connectivity index (χ1) is 11.6. The van der Waals surface area contributed by atoms with Gasteiger partial charge in [0.05, 0.1) is 23.4 Å². The first-order valence-corrected chi connectivity index (χ1v) is 8.15. The number of fused-ring (bicyclic) bond motifs is 1. The summed E-state index contributed by atoms with van der Waals surface area (Å²) in [6.07, 6.45) is 4.66. The van der Waals surface area contributed by atoms with Crippen molar-refractivity contribution in [2.75, 3.05) is 0 Å². The number of hydrogen-bond acceptors (Lipinski definition) is 4. The molecule has 2 unspecified atom stereocenters. The Morgan fingerprint density at radius 1 is 1.21 bits per heavy atom. The van der Waals surface area contributed by atoms with Crippen molar-refractivity contribution >= 4 is 11.6 Å².